The van der Waals surface area contributed by atoms with Gasteiger partial charge in [-0.15, -0.1) is 0 Å². The number of rotatable bonds is 17. The van der Waals surface area contributed by atoms with Crippen LogP contribution >= 0.6 is 0 Å². The van der Waals surface area contributed by atoms with E-state index >= 15 is 4.39 Å². The fourth-order valence-corrected chi connectivity index (χ4v) is 14.3. The second kappa shape index (κ2) is 22.7. The van der Waals surface area contributed by atoms with E-state index < -0.39 is 49.5 Å². The van der Waals surface area contributed by atoms with Crippen LogP contribution in [0.4, 0.5) is 30.2 Å². The summed E-state index contributed by atoms with van der Waals surface area (Å²) < 4.78 is 86.9. The lowest BCUT2D eigenvalue weighted by molar-refractivity contribution is -0.750. The van der Waals surface area contributed by atoms with Crippen LogP contribution in [-0.4, -0.2) is 104 Å². The van der Waals surface area contributed by atoms with Crippen molar-refractivity contribution >= 4 is 49.9 Å². The molecule has 2 saturated carbocycles. The SMILES string of the molecule is CC(F)Oc1ccc(CN2CCN(C3CC4(CCN(c5ccc(C(=O)NS(=O)(=O)c6cc([NH+](C)[O-])c(NCC7CCC(C)(O)CC7)c7[nH]cnc67)c(Oc6cc7c(cc6F)CC=C7F)c5)CC4)C3)[C@H](c3ccccc3C(C)C)C2)cc1. The molecule has 3 aliphatic carbocycles. The first-order chi connectivity index (χ1) is 38.7. The first kappa shape index (κ1) is 56.4. The molecule has 5 N–H and O–H groups in total. The van der Waals surface area contributed by atoms with Crippen LogP contribution in [0.1, 0.15) is 129 Å². The van der Waals surface area contributed by atoms with Gasteiger partial charge >= 0.3 is 0 Å². The van der Waals surface area contributed by atoms with Crippen LogP contribution in [0, 0.1) is 22.4 Å². The highest BCUT2D eigenvalue weighted by atomic mass is 32.2. The summed E-state index contributed by atoms with van der Waals surface area (Å²) in [6.07, 6.45) is 8.29. The van der Waals surface area contributed by atoms with Crippen LogP contribution in [0.3, 0.4) is 0 Å². The van der Waals surface area contributed by atoms with Gasteiger partial charge in [0, 0.05) is 88.2 Å². The van der Waals surface area contributed by atoms with E-state index in [4.69, 9.17) is 9.47 Å². The number of nitrogens with one attached hydrogen (secondary N) is 4. The standard InChI is InChI=1S/C62H73F3N8O7S/c1-38(2)46-8-6-7-9-47(46)53-36-71(35-41-10-14-45(15-11-41)79-39(3)63)26-27-73(53)44-32-62(33-44)22-24-72(25-23-62)43-13-16-48(54(29-43)80-55-30-49-42(28-51(55)65)12-17-50(49)64)60(74)69-81(77,78)56-31-52(70(5)76)57(59-58(56)67-37-68-59)66-34-40-18-20-61(4,75)21-19-40/h6-11,13-17,28-31,37-40,44,53,66,70,75H,12,18-27,32-36H2,1-5H3,(H,67,68)(H,69,74)/t39?,40?,53-,61?/m0/s1. The van der Waals surface area contributed by atoms with Crippen molar-refractivity contribution in [2.75, 3.05) is 56.5 Å². The number of H-pyrrole nitrogens is 1. The Morgan fingerprint density at radius 3 is 2.41 bits per heavy atom. The van der Waals surface area contributed by atoms with Gasteiger partial charge in [-0.05, 0) is 147 Å². The van der Waals surface area contributed by atoms with Crippen LogP contribution in [0.15, 0.2) is 102 Å². The van der Waals surface area contributed by atoms with E-state index in [2.05, 4.69) is 72.8 Å². The fourth-order valence-electron chi connectivity index (χ4n) is 13.2. The highest BCUT2D eigenvalue weighted by molar-refractivity contribution is 7.90. The number of quaternary nitrogens is 1. The molecule has 4 fully saturated rings. The minimum Gasteiger partial charge on any atom is -0.629 e. The third-order valence-corrected chi connectivity index (χ3v) is 19.1. The summed E-state index contributed by atoms with van der Waals surface area (Å²) in [5, 5.41) is 26.6. The molecule has 81 heavy (non-hydrogen) atoms. The zero-order valence-corrected chi connectivity index (χ0v) is 47.5. The molecule has 3 atom stereocenters. The first-order valence-electron chi connectivity index (χ1n) is 28.5. The quantitative estimate of drug-likeness (QED) is 0.0547. The van der Waals surface area contributed by atoms with Crippen LogP contribution in [0.5, 0.6) is 17.2 Å². The number of anilines is 2. The predicted octanol–water partition coefficient (Wildman–Crippen LogP) is 10.6. The van der Waals surface area contributed by atoms with Gasteiger partial charge in [-0.1, -0.05) is 50.2 Å². The predicted molar refractivity (Wildman–Crippen MR) is 307 cm³/mol. The topological polar surface area (TPSA) is 180 Å². The normalized spacial score (nSPS) is 22.3. The van der Waals surface area contributed by atoms with E-state index in [1.807, 2.05) is 31.2 Å². The van der Waals surface area contributed by atoms with Crippen molar-refractivity contribution in [3.05, 3.63) is 142 Å². The summed E-state index contributed by atoms with van der Waals surface area (Å²) in [6, 6.07) is 25.6. The zero-order valence-electron chi connectivity index (χ0n) is 46.7. The average molecular weight is 1130 g/mol. The number of piperazine rings is 1. The average Bonchev–Trinajstić information content (AvgIpc) is 4.21. The number of hydrogen-bond donors (Lipinski definition) is 5. The molecule has 2 aliphatic heterocycles. The number of alkyl halides is 1. The van der Waals surface area contributed by atoms with Gasteiger partial charge < -0.3 is 40.1 Å². The Labute approximate surface area is 472 Å². The van der Waals surface area contributed by atoms with Crippen molar-refractivity contribution in [2.24, 2.45) is 11.3 Å². The number of hydroxylamine groups is 1. The third kappa shape index (κ3) is 11.9. The number of carbonyl (C=O) groups excluding carboxylic acids is 1. The van der Waals surface area contributed by atoms with Gasteiger partial charge in [-0.3, -0.25) is 14.6 Å². The van der Waals surface area contributed by atoms with Crippen molar-refractivity contribution in [2.45, 2.75) is 127 Å². The Bertz CT molecular complexity index is 3440. The number of carbonyl (C=O) groups is 1. The largest absolute Gasteiger partial charge is 0.629 e. The summed E-state index contributed by atoms with van der Waals surface area (Å²) in [6.45, 7) is 13.1. The van der Waals surface area contributed by atoms with Gasteiger partial charge in [-0.2, -0.15) is 0 Å². The lowest BCUT2D eigenvalue weighted by Gasteiger charge is -2.58. The molecular weight excluding hydrogens is 1060 g/mol. The maximum Gasteiger partial charge on any atom is 0.268 e. The maximum absolute atomic E-state index is 15.9. The number of benzene rings is 5. The van der Waals surface area contributed by atoms with Crippen molar-refractivity contribution in [3.8, 4) is 17.2 Å². The number of imidazole rings is 1. The molecule has 430 valence electrons. The number of aliphatic hydroxyl groups is 1. The summed E-state index contributed by atoms with van der Waals surface area (Å²) in [5.41, 5.74) is 5.13. The molecule has 15 nitrogen and oxygen atoms in total. The van der Waals surface area contributed by atoms with Gasteiger partial charge in [-0.25, -0.2) is 31.3 Å². The molecule has 5 aliphatic rings. The highest BCUT2D eigenvalue weighted by Crippen LogP contribution is 2.54. The molecule has 2 saturated heterocycles. The van der Waals surface area contributed by atoms with E-state index in [0.29, 0.717) is 67.1 Å². The molecule has 0 radical (unpaired) electrons. The smallest absolute Gasteiger partial charge is 0.268 e. The second-order valence-electron chi connectivity index (χ2n) is 23.8. The van der Waals surface area contributed by atoms with E-state index in [1.54, 1.807) is 12.1 Å². The number of fused-ring (bicyclic) bond motifs is 2. The van der Waals surface area contributed by atoms with Crippen molar-refractivity contribution in [3.63, 3.8) is 0 Å². The minimum atomic E-state index is -4.74. The summed E-state index contributed by atoms with van der Waals surface area (Å²) >= 11 is 0. The number of sulfonamides is 1. The Balaban J connectivity index is 0.810. The Kier molecular flexibility index (Phi) is 15.8. The maximum atomic E-state index is 15.9. The Morgan fingerprint density at radius 1 is 0.951 bits per heavy atom. The first-order valence-corrected chi connectivity index (χ1v) is 30.0. The molecule has 2 unspecified atom stereocenters. The van der Waals surface area contributed by atoms with Crippen molar-refractivity contribution < 1.29 is 46.0 Å². The third-order valence-electron chi connectivity index (χ3n) is 17.8. The Hall–Kier alpha value is -6.48. The number of aromatic nitrogens is 2. The molecule has 5 aromatic carbocycles. The van der Waals surface area contributed by atoms with Gasteiger partial charge in [0.05, 0.1) is 30.1 Å². The number of allylic oxidation sites excluding steroid dienone is 1. The Morgan fingerprint density at radius 2 is 1.69 bits per heavy atom. The molecule has 1 spiro atoms. The molecule has 1 amide bonds. The van der Waals surface area contributed by atoms with E-state index in [9.17, 15) is 32.3 Å². The number of piperidine rings is 1. The number of halogens is 3. The van der Waals surface area contributed by atoms with Crippen LogP contribution < -0.4 is 29.5 Å². The van der Waals surface area contributed by atoms with Crippen molar-refractivity contribution in [1.82, 2.24) is 24.5 Å². The van der Waals surface area contributed by atoms with Crippen LogP contribution in [-0.2, 0) is 23.0 Å². The number of hydrogen-bond acceptors (Lipinski definition) is 12. The lowest BCUT2D eigenvalue weighted by Crippen LogP contribution is -2.98. The lowest BCUT2D eigenvalue weighted by atomic mass is 9.59. The minimum absolute atomic E-state index is 0.00736. The molecular formula is C62H73F3N8O7S. The van der Waals surface area contributed by atoms with Gasteiger partial charge in [0.1, 0.15) is 33.4 Å². The van der Waals surface area contributed by atoms with Gasteiger partial charge in [0.2, 0.25) is 6.36 Å². The van der Waals surface area contributed by atoms with Crippen LogP contribution in [0.25, 0.3) is 16.9 Å². The van der Waals surface area contributed by atoms with Crippen LogP contribution in [0.2, 0.25) is 0 Å². The van der Waals surface area contributed by atoms with E-state index in [1.165, 1.54) is 61.8 Å². The molecule has 11 rings (SSSR count). The summed E-state index contributed by atoms with van der Waals surface area (Å²) in [7, 11) is -3.41. The van der Waals surface area contributed by atoms with Gasteiger partial charge in [0.25, 0.3) is 15.9 Å². The fraction of sp³-hybridized carbons (Fsp3) is 0.452. The monoisotopic (exact) mass is 1130 g/mol. The number of nitrogens with zero attached hydrogens (tertiary/aromatic N) is 4. The molecule has 6 aromatic rings. The molecule has 3 heterocycles. The summed E-state index contributed by atoms with van der Waals surface area (Å²) in [4.78, 5) is 28.8. The number of aromatic amines is 1. The van der Waals surface area contributed by atoms with Crippen molar-refractivity contribution in [1.29, 1.82) is 0 Å². The number of amides is 1. The summed E-state index contributed by atoms with van der Waals surface area (Å²) in [5.74, 6) is -1.76. The van der Waals surface area contributed by atoms with E-state index in [-0.39, 0.29) is 63.1 Å². The number of ether oxygens (including phenoxy) is 2. The van der Waals surface area contributed by atoms with Gasteiger partial charge in [0.15, 0.2) is 17.3 Å². The molecule has 0 bridgehead atoms. The zero-order chi connectivity index (χ0) is 57.0. The van der Waals surface area contributed by atoms with E-state index in [0.717, 1.165) is 70.3 Å². The highest BCUT2D eigenvalue weighted by Gasteiger charge is 2.50. The molecule has 1 aromatic heterocycles. The molecule has 19 heteroatoms. The second-order valence-corrected chi connectivity index (χ2v) is 25.5.